The van der Waals surface area contributed by atoms with Crippen molar-refractivity contribution in [1.82, 2.24) is 19.8 Å². The number of hydrogen-bond donors (Lipinski definition) is 0. The van der Waals surface area contributed by atoms with Crippen LogP contribution in [0.15, 0.2) is 65.5 Å². The molecule has 0 radical (unpaired) electrons. The van der Waals surface area contributed by atoms with E-state index in [9.17, 15) is 4.79 Å². The fourth-order valence-electron chi connectivity index (χ4n) is 3.26. The Bertz CT molecular complexity index is 1360. The topological polar surface area (TPSA) is 75.5 Å². The number of hydrogen-bond acceptors (Lipinski definition) is 5. The van der Waals surface area contributed by atoms with Crippen molar-refractivity contribution < 1.29 is 9.47 Å². The Labute approximate surface area is 185 Å². The molecule has 0 aliphatic rings. The Kier molecular flexibility index (Phi) is 5.73. The lowest BCUT2D eigenvalue weighted by atomic mass is 10.1. The molecule has 1 aromatic heterocycles. The largest absolute Gasteiger partial charge is 0.489 e. The van der Waals surface area contributed by atoms with Crippen molar-refractivity contribution in [3.8, 4) is 22.9 Å². The van der Waals surface area contributed by atoms with Crippen molar-refractivity contribution in [2.75, 3.05) is 0 Å². The molecule has 0 bridgehead atoms. The SMILES string of the molecule is [C-]#[N+]c1ccc(Oc2ccc(OCc3c(C)cccc3-n3nnn(C)c3=O)c(C)c2)cc1. The van der Waals surface area contributed by atoms with Crippen molar-refractivity contribution >= 4 is 5.69 Å². The number of ether oxygens (including phenoxy) is 2. The fourth-order valence-corrected chi connectivity index (χ4v) is 3.26. The van der Waals surface area contributed by atoms with Gasteiger partial charge in [0.1, 0.15) is 23.9 Å². The average molecular weight is 427 g/mol. The highest BCUT2D eigenvalue weighted by molar-refractivity contribution is 5.49. The molecule has 1 heterocycles. The molecule has 8 nitrogen and oxygen atoms in total. The molecule has 8 heteroatoms. The van der Waals surface area contributed by atoms with Gasteiger partial charge in [0, 0.05) is 12.6 Å². The van der Waals surface area contributed by atoms with E-state index in [0.717, 1.165) is 16.7 Å². The van der Waals surface area contributed by atoms with Gasteiger partial charge in [0.2, 0.25) is 0 Å². The molecule has 0 fully saturated rings. The minimum atomic E-state index is -0.320. The zero-order valence-electron chi connectivity index (χ0n) is 17.9. The monoisotopic (exact) mass is 427 g/mol. The molecule has 0 unspecified atom stereocenters. The van der Waals surface area contributed by atoms with Crippen molar-refractivity contribution in [1.29, 1.82) is 0 Å². The molecule has 0 spiro atoms. The van der Waals surface area contributed by atoms with Gasteiger partial charge >= 0.3 is 5.69 Å². The second-order valence-electron chi connectivity index (χ2n) is 7.29. The third kappa shape index (κ3) is 4.23. The lowest BCUT2D eigenvalue weighted by Crippen LogP contribution is -2.23. The number of aromatic nitrogens is 4. The lowest BCUT2D eigenvalue weighted by molar-refractivity contribution is 0.302. The number of nitrogens with zero attached hydrogens (tertiary/aromatic N) is 5. The van der Waals surface area contributed by atoms with E-state index in [2.05, 4.69) is 15.3 Å². The van der Waals surface area contributed by atoms with Crippen molar-refractivity contribution in [3.63, 3.8) is 0 Å². The fraction of sp³-hybridized carbons (Fsp3) is 0.167. The summed E-state index contributed by atoms with van der Waals surface area (Å²) in [5.74, 6) is 2.04. The summed E-state index contributed by atoms with van der Waals surface area (Å²) < 4.78 is 14.4. The van der Waals surface area contributed by atoms with Gasteiger partial charge in [-0.2, -0.15) is 9.36 Å². The summed E-state index contributed by atoms with van der Waals surface area (Å²) in [5.41, 5.74) is 3.64. The smallest absolute Gasteiger partial charge is 0.368 e. The van der Waals surface area contributed by atoms with Gasteiger partial charge in [0.05, 0.1) is 12.3 Å². The van der Waals surface area contributed by atoms with Crippen LogP contribution in [0.2, 0.25) is 0 Å². The van der Waals surface area contributed by atoms with E-state index < -0.39 is 0 Å². The predicted octanol–water partition coefficient (Wildman–Crippen LogP) is 4.50. The molecule has 32 heavy (non-hydrogen) atoms. The van der Waals surface area contributed by atoms with E-state index >= 15 is 0 Å². The summed E-state index contributed by atoms with van der Waals surface area (Å²) in [5, 5.41) is 7.75. The van der Waals surface area contributed by atoms with Crippen LogP contribution in [0.25, 0.3) is 10.5 Å². The van der Waals surface area contributed by atoms with Gasteiger partial charge in [-0.25, -0.2) is 9.64 Å². The Hall–Kier alpha value is -4.38. The van der Waals surface area contributed by atoms with Gasteiger partial charge in [0.25, 0.3) is 0 Å². The summed E-state index contributed by atoms with van der Waals surface area (Å²) >= 11 is 0. The standard InChI is InChI=1S/C24H21N5O3/c1-16-6-5-7-22(29-24(30)28(4)26-27-29)21(16)15-31-23-13-12-20(14-17(23)2)32-19-10-8-18(25-3)9-11-19/h5-14H,15H2,1-2,4H3. The molecule has 0 aliphatic carbocycles. The first kappa shape index (κ1) is 20.9. The zero-order chi connectivity index (χ0) is 22.7. The van der Waals surface area contributed by atoms with Crippen molar-refractivity contribution in [2.24, 2.45) is 7.05 Å². The first-order chi connectivity index (χ1) is 15.5. The molecule has 160 valence electrons. The van der Waals surface area contributed by atoms with Crippen LogP contribution in [-0.4, -0.2) is 19.8 Å². The van der Waals surface area contributed by atoms with E-state index in [1.807, 2.05) is 50.2 Å². The van der Waals surface area contributed by atoms with E-state index in [-0.39, 0.29) is 12.3 Å². The van der Waals surface area contributed by atoms with Crippen LogP contribution < -0.4 is 15.2 Å². The maximum Gasteiger partial charge on any atom is 0.368 e. The summed E-state index contributed by atoms with van der Waals surface area (Å²) in [6, 6.07) is 18.2. The van der Waals surface area contributed by atoms with Gasteiger partial charge in [-0.1, -0.05) is 24.3 Å². The molecular formula is C24H21N5O3. The summed E-state index contributed by atoms with van der Waals surface area (Å²) in [6.45, 7) is 11.2. The van der Waals surface area contributed by atoms with E-state index in [4.69, 9.17) is 16.0 Å². The van der Waals surface area contributed by atoms with Crippen LogP contribution in [0.5, 0.6) is 17.2 Å². The van der Waals surface area contributed by atoms with Gasteiger partial charge in [0.15, 0.2) is 5.69 Å². The second-order valence-corrected chi connectivity index (χ2v) is 7.29. The first-order valence-electron chi connectivity index (χ1n) is 9.93. The number of aryl methyl sites for hydroxylation is 3. The maximum absolute atomic E-state index is 12.3. The Morgan fingerprint density at radius 1 is 0.969 bits per heavy atom. The van der Waals surface area contributed by atoms with Crippen molar-refractivity contribution in [2.45, 2.75) is 20.5 Å². The Morgan fingerprint density at radius 2 is 1.72 bits per heavy atom. The van der Waals surface area contributed by atoms with Crippen molar-refractivity contribution in [3.05, 3.63) is 99.3 Å². The third-order valence-corrected chi connectivity index (χ3v) is 5.06. The third-order valence-electron chi connectivity index (χ3n) is 5.06. The first-order valence-corrected chi connectivity index (χ1v) is 9.93. The normalized spacial score (nSPS) is 10.6. The highest BCUT2D eigenvalue weighted by atomic mass is 16.5. The maximum atomic E-state index is 12.3. The summed E-state index contributed by atoms with van der Waals surface area (Å²) in [6.07, 6.45) is 0. The van der Waals surface area contributed by atoms with Crippen LogP contribution in [-0.2, 0) is 13.7 Å². The molecular weight excluding hydrogens is 406 g/mol. The van der Waals surface area contributed by atoms with Gasteiger partial charge < -0.3 is 9.47 Å². The molecule has 4 rings (SSSR count). The minimum Gasteiger partial charge on any atom is -0.489 e. The van der Waals surface area contributed by atoms with E-state index in [0.29, 0.717) is 28.6 Å². The summed E-state index contributed by atoms with van der Waals surface area (Å²) in [4.78, 5) is 15.7. The minimum absolute atomic E-state index is 0.268. The van der Waals surface area contributed by atoms with E-state index in [1.54, 1.807) is 31.3 Å². The van der Waals surface area contributed by atoms with Crippen LogP contribution in [0.1, 0.15) is 16.7 Å². The molecule has 0 saturated carbocycles. The molecule has 3 aromatic carbocycles. The van der Waals surface area contributed by atoms with Crippen LogP contribution in [0, 0.1) is 20.4 Å². The van der Waals surface area contributed by atoms with Gasteiger partial charge in [-0.15, -0.1) is 0 Å². The molecule has 0 aliphatic heterocycles. The predicted molar refractivity (Wildman–Crippen MR) is 120 cm³/mol. The molecule has 0 amide bonds. The van der Waals surface area contributed by atoms with E-state index in [1.165, 1.54) is 9.36 Å². The quantitative estimate of drug-likeness (QED) is 0.424. The number of tetrazole rings is 1. The Balaban J connectivity index is 1.53. The highest BCUT2D eigenvalue weighted by Gasteiger charge is 2.14. The van der Waals surface area contributed by atoms with Crippen LogP contribution in [0.3, 0.4) is 0 Å². The lowest BCUT2D eigenvalue weighted by Gasteiger charge is -2.15. The van der Waals surface area contributed by atoms with Crippen LogP contribution >= 0.6 is 0 Å². The van der Waals surface area contributed by atoms with Gasteiger partial charge in [-0.05, 0) is 71.8 Å². The molecule has 0 N–H and O–H groups in total. The van der Waals surface area contributed by atoms with Gasteiger partial charge in [-0.3, -0.25) is 0 Å². The average Bonchev–Trinajstić information content (AvgIpc) is 3.12. The number of benzene rings is 3. The molecule has 0 atom stereocenters. The Morgan fingerprint density at radius 3 is 2.38 bits per heavy atom. The second kappa shape index (κ2) is 8.78. The summed E-state index contributed by atoms with van der Waals surface area (Å²) in [7, 11) is 1.56. The molecule has 4 aromatic rings. The highest BCUT2D eigenvalue weighted by Crippen LogP contribution is 2.29. The number of rotatable bonds is 6. The zero-order valence-corrected chi connectivity index (χ0v) is 17.9. The van der Waals surface area contributed by atoms with Crippen LogP contribution in [0.4, 0.5) is 5.69 Å². The molecule has 0 saturated heterocycles.